The zero-order chi connectivity index (χ0) is 25.7. The maximum atomic E-state index is 12.1. The lowest BCUT2D eigenvalue weighted by Crippen LogP contribution is -2.45. The number of piperazine rings is 1. The molecule has 1 fully saturated rings. The second-order valence-corrected chi connectivity index (χ2v) is 9.07. The molecule has 3 N–H and O–H groups in total. The van der Waals surface area contributed by atoms with Crippen molar-refractivity contribution in [1.82, 2.24) is 19.8 Å². The number of amides is 1. The third kappa shape index (κ3) is 5.92. The van der Waals surface area contributed by atoms with Crippen molar-refractivity contribution in [2.24, 2.45) is 5.73 Å². The Morgan fingerprint density at radius 1 is 1.08 bits per heavy atom. The van der Waals surface area contributed by atoms with Gasteiger partial charge in [0, 0.05) is 56.2 Å². The molecule has 1 aliphatic heterocycles. The summed E-state index contributed by atoms with van der Waals surface area (Å²) in [5.74, 6) is 1.07. The molecule has 0 spiro atoms. The molecule has 1 amide bonds. The molecule has 0 bridgehead atoms. The summed E-state index contributed by atoms with van der Waals surface area (Å²) in [7, 11) is 3.76. The fourth-order valence-electron chi connectivity index (χ4n) is 4.35. The zero-order valence-electron chi connectivity index (χ0n) is 21.4. The first-order valence-electron chi connectivity index (χ1n) is 12.1. The normalized spacial score (nSPS) is 14.4. The average Bonchev–Trinajstić information content (AvgIpc) is 2.86. The Labute approximate surface area is 212 Å². The van der Waals surface area contributed by atoms with Gasteiger partial charge in [-0.25, -0.2) is 9.97 Å². The van der Waals surface area contributed by atoms with E-state index in [9.17, 15) is 4.79 Å². The minimum absolute atomic E-state index is 0.277. The van der Waals surface area contributed by atoms with Crippen molar-refractivity contribution in [2.75, 3.05) is 58.8 Å². The minimum Gasteiger partial charge on any atom is -0.493 e. The molecule has 3 aromatic rings. The molecule has 36 heavy (non-hydrogen) atoms. The lowest BCUT2D eigenvalue weighted by atomic mass is 9.97. The Kier molecular flexibility index (Phi) is 8.02. The molecule has 0 aliphatic carbocycles. The molecule has 190 valence electrons. The van der Waals surface area contributed by atoms with Crippen LogP contribution in [0.2, 0.25) is 0 Å². The predicted octanol–water partition coefficient (Wildman–Crippen LogP) is 3.24. The summed E-state index contributed by atoms with van der Waals surface area (Å²) < 4.78 is 11.6. The fraction of sp³-hybridized carbons (Fsp3) is 0.370. The lowest BCUT2D eigenvalue weighted by Gasteiger charge is -2.32. The van der Waals surface area contributed by atoms with Gasteiger partial charge in [-0.1, -0.05) is 18.2 Å². The van der Waals surface area contributed by atoms with E-state index in [-0.39, 0.29) is 5.56 Å². The SMILES string of the molecule is COc1cc(Nc2ncc(C(N)=O)c(-c3c(C)cccc3C)n2)ccc1OCCN1CCN(C)CC1. The van der Waals surface area contributed by atoms with E-state index in [2.05, 4.69) is 32.1 Å². The van der Waals surface area contributed by atoms with Crippen molar-refractivity contribution >= 4 is 17.5 Å². The van der Waals surface area contributed by atoms with Crippen molar-refractivity contribution in [3.63, 3.8) is 0 Å². The van der Waals surface area contributed by atoms with Gasteiger partial charge in [-0.2, -0.15) is 0 Å². The summed E-state index contributed by atoms with van der Waals surface area (Å²) in [5.41, 5.74) is 10.0. The van der Waals surface area contributed by atoms with Gasteiger partial charge in [-0.15, -0.1) is 0 Å². The summed E-state index contributed by atoms with van der Waals surface area (Å²) in [5, 5.41) is 3.21. The molecule has 1 aliphatic rings. The van der Waals surface area contributed by atoms with Crippen LogP contribution >= 0.6 is 0 Å². The summed E-state index contributed by atoms with van der Waals surface area (Å²) >= 11 is 0. The number of benzene rings is 2. The van der Waals surface area contributed by atoms with Gasteiger partial charge in [-0.3, -0.25) is 9.69 Å². The molecule has 1 aromatic heterocycles. The van der Waals surface area contributed by atoms with E-state index in [1.165, 1.54) is 6.20 Å². The number of rotatable bonds is 9. The first kappa shape index (κ1) is 25.4. The van der Waals surface area contributed by atoms with Gasteiger partial charge in [0.1, 0.15) is 6.61 Å². The molecule has 0 atom stereocenters. The standard InChI is InChI=1S/C27H34N6O3/c1-18-6-5-7-19(2)24(18)25-21(26(28)34)17-29-27(31-25)30-20-8-9-22(23(16-20)35-4)36-15-14-33-12-10-32(3)11-13-33/h5-9,16-17H,10-15H2,1-4H3,(H2,28,34)(H,29,30,31). The quantitative estimate of drug-likeness (QED) is 0.471. The number of ether oxygens (including phenoxy) is 2. The number of hydrogen-bond donors (Lipinski definition) is 2. The van der Waals surface area contributed by atoms with Crippen LogP contribution < -0.4 is 20.5 Å². The van der Waals surface area contributed by atoms with Crippen LogP contribution in [0.4, 0.5) is 11.6 Å². The van der Waals surface area contributed by atoms with E-state index in [4.69, 9.17) is 15.2 Å². The summed E-state index contributed by atoms with van der Waals surface area (Å²) in [4.78, 5) is 25.8. The Morgan fingerprint density at radius 2 is 1.81 bits per heavy atom. The van der Waals surface area contributed by atoms with Crippen molar-refractivity contribution in [3.05, 3.63) is 59.3 Å². The summed E-state index contributed by atoms with van der Waals surface area (Å²) in [6, 6.07) is 11.5. The van der Waals surface area contributed by atoms with Crippen LogP contribution in [0.15, 0.2) is 42.6 Å². The average molecular weight is 491 g/mol. The highest BCUT2D eigenvalue weighted by molar-refractivity contribution is 5.99. The monoisotopic (exact) mass is 490 g/mol. The number of anilines is 2. The number of hydrogen-bond acceptors (Lipinski definition) is 8. The second kappa shape index (κ2) is 11.4. The molecule has 4 rings (SSSR count). The molecule has 9 heteroatoms. The summed E-state index contributed by atoms with van der Waals surface area (Å²) in [6.45, 7) is 9.69. The highest BCUT2D eigenvalue weighted by Gasteiger charge is 2.18. The van der Waals surface area contributed by atoms with Crippen LogP contribution in [0.5, 0.6) is 11.5 Å². The van der Waals surface area contributed by atoms with Crippen molar-refractivity contribution in [3.8, 4) is 22.8 Å². The number of nitrogens with two attached hydrogens (primary N) is 1. The van der Waals surface area contributed by atoms with Gasteiger partial charge in [0.05, 0.1) is 18.4 Å². The highest BCUT2D eigenvalue weighted by Crippen LogP contribution is 2.32. The number of carbonyl (C=O) groups is 1. The molecule has 2 heterocycles. The number of nitrogens with one attached hydrogen (secondary N) is 1. The third-order valence-corrected chi connectivity index (χ3v) is 6.45. The van der Waals surface area contributed by atoms with Crippen LogP contribution in [0, 0.1) is 13.8 Å². The maximum Gasteiger partial charge on any atom is 0.252 e. The Morgan fingerprint density at radius 3 is 2.47 bits per heavy atom. The molecular formula is C27H34N6O3. The van der Waals surface area contributed by atoms with Crippen LogP contribution in [0.3, 0.4) is 0 Å². The number of aryl methyl sites for hydroxylation is 2. The van der Waals surface area contributed by atoms with Gasteiger partial charge in [0.25, 0.3) is 5.91 Å². The van der Waals surface area contributed by atoms with E-state index < -0.39 is 5.91 Å². The molecular weight excluding hydrogens is 456 g/mol. The van der Waals surface area contributed by atoms with Crippen molar-refractivity contribution < 1.29 is 14.3 Å². The van der Waals surface area contributed by atoms with Crippen LogP contribution in [0.1, 0.15) is 21.5 Å². The maximum absolute atomic E-state index is 12.1. The van der Waals surface area contributed by atoms with Crippen molar-refractivity contribution in [2.45, 2.75) is 13.8 Å². The summed E-state index contributed by atoms with van der Waals surface area (Å²) in [6.07, 6.45) is 1.46. The molecule has 0 radical (unpaired) electrons. The Hall–Kier alpha value is -3.69. The van der Waals surface area contributed by atoms with Gasteiger partial charge in [0.2, 0.25) is 5.95 Å². The molecule has 2 aromatic carbocycles. The molecule has 0 saturated carbocycles. The minimum atomic E-state index is -0.570. The topological polar surface area (TPSA) is 106 Å². The number of carbonyl (C=O) groups excluding carboxylic acids is 1. The van der Waals surface area contributed by atoms with E-state index >= 15 is 0 Å². The van der Waals surface area contributed by atoms with E-state index in [1.807, 2.05) is 50.2 Å². The highest BCUT2D eigenvalue weighted by atomic mass is 16.5. The number of primary amides is 1. The number of likely N-dealkylation sites (N-methyl/N-ethyl adjacent to an activating group) is 1. The van der Waals surface area contributed by atoms with Crippen LogP contribution in [0.25, 0.3) is 11.3 Å². The van der Waals surface area contributed by atoms with Gasteiger partial charge in [-0.05, 0) is 44.2 Å². The molecule has 0 unspecified atom stereocenters. The van der Waals surface area contributed by atoms with Crippen LogP contribution in [-0.2, 0) is 0 Å². The van der Waals surface area contributed by atoms with Gasteiger partial charge >= 0.3 is 0 Å². The zero-order valence-corrected chi connectivity index (χ0v) is 21.4. The third-order valence-electron chi connectivity index (χ3n) is 6.45. The van der Waals surface area contributed by atoms with E-state index in [1.54, 1.807) is 7.11 Å². The van der Waals surface area contributed by atoms with Gasteiger partial charge in [0.15, 0.2) is 11.5 Å². The van der Waals surface area contributed by atoms with E-state index in [0.717, 1.165) is 55.1 Å². The first-order chi connectivity index (χ1) is 17.4. The smallest absolute Gasteiger partial charge is 0.252 e. The Bertz CT molecular complexity index is 1200. The predicted molar refractivity (Wildman–Crippen MR) is 141 cm³/mol. The second-order valence-electron chi connectivity index (χ2n) is 9.07. The van der Waals surface area contributed by atoms with Gasteiger partial charge < -0.3 is 25.4 Å². The lowest BCUT2D eigenvalue weighted by molar-refractivity contribution is 0.100. The Balaban J connectivity index is 1.50. The number of nitrogens with zero attached hydrogens (tertiary/aromatic N) is 4. The molecule has 9 nitrogen and oxygen atoms in total. The first-order valence-corrected chi connectivity index (χ1v) is 12.1. The number of methoxy groups -OCH3 is 1. The van der Waals surface area contributed by atoms with Crippen LogP contribution in [-0.4, -0.2) is 79.2 Å². The van der Waals surface area contributed by atoms with E-state index in [0.29, 0.717) is 29.7 Å². The largest absolute Gasteiger partial charge is 0.493 e. The van der Waals surface area contributed by atoms with Crippen molar-refractivity contribution in [1.29, 1.82) is 0 Å². The number of aromatic nitrogens is 2. The fourth-order valence-corrected chi connectivity index (χ4v) is 4.35. The molecule has 1 saturated heterocycles.